The van der Waals surface area contributed by atoms with Gasteiger partial charge in [-0.15, -0.1) is 0 Å². The second-order valence-electron chi connectivity index (χ2n) is 4.93. The first-order chi connectivity index (χ1) is 9.93. The zero-order valence-electron chi connectivity index (χ0n) is 11.4. The van der Waals surface area contributed by atoms with Crippen molar-refractivity contribution in [3.05, 3.63) is 35.4 Å². The van der Waals surface area contributed by atoms with Gasteiger partial charge in [-0.05, 0) is 24.1 Å². The Morgan fingerprint density at radius 3 is 2.52 bits per heavy atom. The summed E-state index contributed by atoms with van der Waals surface area (Å²) < 4.78 is 37.7. The van der Waals surface area contributed by atoms with E-state index in [0.717, 1.165) is 12.1 Å². The van der Waals surface area contributed by atoms with Gasteiger partial charge in [0.2, 0.25) is 5.91 Å². The average molecular weight is 302 g/mol. The third kappa shape index (κ3) is 3.74. The summed E-state index contributed by atoms with van der Waals surface area (Å²) in [6, 6.07) is 4.05. The zero-order valence-corrected chi connectivity index (χ0v) is 11.4. The van der Waals surface area contributed by atoms with E-state index in [1.807, 2.05) is 4.90 Å². The summed E-state index contributed by atoms with van der Waals surface area (Å²) in [6.45, 7) is 1.65. The van der Waals surface area contributed by atoms with Crippen LogP contribution in [-0.2, 0) is 11.0 Å². The molecule has 1 atom stereocenters. The van der Waals surface area contributed by atoms with Gasteiger partial charge in [0.1, 0.15) is 6.04 Å². The summed E-state index contributed by atoms with van der Waals surface area (Å²) in [7, 11) is 0. The standard InChI is InChI=1S/C14H17F3N2O2/c15-14(16,17)11-4-2-10(3-5-11)12-13(21)18-6-8-19(12)7-1-9-20/h2-5,12,20H,1,6-9H2,(H,18,21). The number of nitrogens with zero attached hydrogens (tertiary/aromatic N) is 1. The van der Waals surface area contributed by atoms with E-state index in [4.69, 9.17) is 5.11 Å². The third-order valence-corrected chi connectivity index (χ3v) is 3.47. The maximum absolute atomic E-state index is 12.6. The number of aliphatic hydroxyl groups excluding tert-OH is 1. The van der Waals surface area contributed by atoms with Crippen LogP contribution in [0.3, 0.4) is 0 Å². The highest BCUT2D eigenvalue weighted by Crippen LogP contribution is 2.31. The van der Waals surface area contributed by atoms with Crippen molar-refractivity contribution in [2.45, 2.75) is 18.6 Å². The number of carbonyl (C=O) groups excluding carboxylic acids is 1. The van der Waals surface area contributed by atoms with E-state index in [-0.39, 0.29) is 12.5 Å². The summed E-state index contributed by atoms with van der Waals surface area (Å²) in [5.41, 5.74) is -0.206. The Balaban J connectivity index is 2.21. The summed E-state index contributed by atoms with van der Waals surface area (Å²) in [5, 5.41) is 11.6. The summed E-state index contributed by atoms with van der Waals surface area (Å²) in [4.78, 5) is 13.9. The SMILES string of the molecule is O=C1NCCN(CCCO)C1c1ccc(C(F)(F)F)cc1. The van der Waals surface area contributed by atoms with E-state index >= 15 is 0 Å². The number of halogens is 3. The molecule has 1 heterocycles. The van der Waals surface area contributed by atoms with Gasteiger partial charge in [-0.25, -0.2) is 0 Å². The minimum atomic E-state index is -4.38. The summed E-state index contributed by atoms with van der Waals surface area (Å²) >= 11 is 0. The lowest BCUT2D eigenvalue weighted by molar-refractivity contribution is -0.137. The number of piperazine rings is 1. The first kappa shape index (κ1) is 15.8. The average Bonchev–Trinajstić information content (AvgIpc) is 2.44. The molecule has 0 radical (unpaired) electrons. The molecule has 0 spiro atoms. The zero-order chi connectivity index (χ0) is 15.5. The van der Waals surface area contributed by atoms with Crippen LogP contribution < -0.4 is 5.32 Å². The maximum atomic E-state index is 12.6. The molecule has 1 aliphatic rings. The number of amides is 1. The predicted octanol–water partition coefficient (Wildman–Crippen LogP) is 1.56. The van der Waals surface area contributed by atoms with Crippen LogP contribution in [0.2, 0.25) is 0 Å². The molecular formula is C14H17F3N2O2. The number of hydrogen-bond acceptors (Lipinski definition) is 3. The topological polar surface area (TPSA) is 52.6 Å². The van der Waals surface area contributed by atoms with Crippen molar-refractivity contribution in [3.8, 4) is 0 Å². The van der Waals surface area contributed by atoms with E-state index in [9.17, 15) is 18.0 Å². The van der Waals surface area contributed by atoms with E-state index in [0.29, 0.717) is 31.6 Å². The van der Waals surface area contributed by atoms with Crippen molar-refractivity contribution in [2.24, 2.45) is 0 Å². The molecule has 4 nitrogen and oxygen atoms in total. The van der Waals surface area contributed by atoms with Gasteiger partial charge in [0.15, 0.2) is 0 Å². The van der Waals surface area contributed by atoms with Gasteiger partial charge in [0.25, 0.3) is 0 Å². The van der Waals surface area contributed by atoms with E-state index < -0.39 is 17.8 Å². The highest BCUT2D eigenvalue weighted by Gasteiger charge is 2.33. The van der Waals surface area contributed by atoms with E-state index in [2.05, 4.69) is 5.32 Å². The number of benzene rings is 1. The fourth-order valence-corrected chi connectivity index (χ4v) is 2.45. The normalized spacial score (nSPS) is 20.4. The number of alkyl halides is 3. The van der Waals surface area contributed by atoms with Crippen LogP contribution in [0, 0.1) is 0 Å². The summed E-state index contributed by atoms with van der Waals surface area (Å²) in [5.74, 6) is -0.223. The Bertz CT molecular complexity index is 488. The molecule has 1 aromatic rings. The predicted molar refractivity (Wildman–Crippen MR) is 70.5 cm³/mol. The number of hydrogen-bond donors (Lipinski definition) is 2. The lowest BCUT2D eigenvalue weighted by Crippen LogP contribution is -2.50. The lowest BCUT2D eigenvalue weighted by atomic mass is 10.0. The van der Waals surface area contributed by atoms with Crippen molar-refractivity contribution in [1.82, 2.24) is 10.2 Å². The molecule has 1 amide bonds. The fourth-order valence-electron chi connectivity index (χ4n) is 2.45. The second-order valence-corrected chi connectivity index (χ2v) is 4.93. The molecule has 2 N–H and O–H groups in total. The molecule has 1 fully saturated rings. The first-order valence-corrected chi connectivity index (χ1v) is 6.73. The minimum Gasteiger partial charge on any atom is -0.396 e. The quantitative estimate of drug-likeness (QED) is 0.887. The van der Waals surface area contributed by atoms with Gasteiger partial charge in [0.05, 0.1) is 5.56 Å². The monoisotopic (exact) mass is 302 g/mol. The fraction of sp³-hybridized carbons (Fsp3) is 0.500. The lowest BCUT2D eigenvalue weighted by Gasteiger charge is -2.35. The molecule has 1 saturated heterocycles. The van der Waals surface area contributed by atoms with Gasteiger partial charge in [-0.2, -0.15) is 13.2 Å². The van der Waals surface area contributed by atoms with Crippen molar-refractivity contribution in [1.29, 1.82) is 0 Å². The smallest absolute Gasteiger partial charge is 0.396 e. The van der Waals surface area contributed by atoms with Gasteiger partial charge in [-0.3, -0.25) is 9.69 Å². The Kier molecular flexibility index (Phi) is 4.84. The van der Waals surface area contributed by atoms with Crippen LogP contribution in [0.5, 0.6) is 0 Å². The molecule has 1 aliphatic heterocycles. The van der Waals surface area contributed by atoms with Crippen LogP contribution in [0.25, 0.3) is 0 Å². The minimum absolute atomic E-state index is 0.0118. The van der Waals surface area contributed by atoms with Gasteiger partial charge < -0.3 is 10.4 Å². The molecule has 7 heteroatoms. The molecule has 2 rings (SSSR count). The largest absolute Gasteiger partial charge is 0.416 e. The molecule has 116 valence electrons. The molecule has 0 saturated carbocycles. The maximum Gasteiger partial charge on any atom is 0.416 e. The van der Waals surface area contributed by atoms with Crippen LogP contribution in [0.4, 0.5) is 13.2 Å². The Morgan fingerprint density at radius 1 is 1.29 bits per heavy atom. The number of aliphatic hydroxyl groups is 1. The van der Waals surface area contributed by atoms with Gasteiger partial charge in [0, 0.05) is 26.2 Å². The second kappa shape index (κ2) is 6.44. The summed E-state index contributed by atoms with van der Waals surface area (Å²) in [6.07, 6.45) is -3.87. The molecule has 0 aromatic heterocycles. The molecule has 1 aromatic carbocycles. The molecule has 21 heavy (non-hydrogen) atoms. The Labute approximate surface area is 120 Å². The third-order valence-electron chi connectivity index (χ3n) is 3.47. The molecular weight excluding hydrogens is 285 g/mol. The number of nitrogens with one attached hydrogen (secondary N) is 1. The Morgan fingerprint density at radius 2 is 1.95 bits per heavy atom. The van der Waals surface area contributed by atoms with Gasteiger partial charge in [-0.1, -0.05) is 12.1 Å². The highest BCUT2D eigenvalue weighted by atomic mass is 19.4. The van der Waals surface area contributed by atoms with Crippen LogP contribution >= 0.6 is 0 Å². The first-order valence-electron chi connectivity index (χ1n) is 6.73. The van der Waals surface area contributed by atoms with Gasteiger partial charge >= 0.3 is 6.18 Å². The molecule has 1 unspecified atom stereocenters. The number of rotatable bonds is 4. The van der Waals surface area contributed by atoms with Crippen molar-refractivity contribution >= 4 is 5.91 Å². The highest BCUT2D eigenvalue weighted by molar-refractivity contribution is 5.83. The van der Waals surface area contributed by atoms with Crippen LogP contribution in [-0.4, -0.2) is 42.2 Å². The van der Waals surface area contributed by atoms with Crippen LogP contribution in [0.15, 0.2) is 24.3 Å². The van der Waals surface area contributed by atoms with Crippen molar-refractivity contribution < 1.29 is 23.1 Å². The Hall–Kier alpha value is -1.60. The van der Waals surface area contributed by atoms with Crippen molar-refractivity contribution in [3.63, 3.8) is 0 Å². The van der Waals surface area contributed by atoms with E-state index in [1.165, 1.54) is 12.1 Å². The van der Waals surface area contributed by atoms with Crippen molar-refractivity contribution in [2.75, 3.05) is 26.2 Å². The van der Waals surface area contributed by atoms with E-state index in [1.54, 1.807) is 0 Å². The van der Waals surface area contributed by atoms with Crippen LogP contribution in [0.1, 0.15) is 23.6 Å². The number of carbonyl (C=O) groups is 1. The molecule has 0 aliphatic carbocycles. The molecule has 0 bridgehead atoms.